The van der Waals surface area contributed by atoms with Gasteiger partial charge in [-0.2, -0.15) is 0 Å². The molecule has 0 bridgehead atoms. The van der Waals surface area contributed by atoms with Gasteiger partial charge in [-0.1, -0.05) is 0 Å². The molecule has 3 rings (SSSR count). The van der Waals surface area contributed by atoms with Crippen LogP contribution in [0.15, 0.2) is 44.6 Å². The van der Waals surface area contributed by atoms with Crippen LogP contribution in [-0.2, 0) is 16.1 Å². The monoisotopic (exact) mass is 388 g/mol. The summed E-state index contributed by atoms with van der Waals surface area (Å²) in [6, 6.07) is 4.92. The van der Waals surface area contributed by atoms with Crippen LogP contribution in [0.1, 0.15) is 32.2 Å². The first kappa shape index (κ1) is 18.7. The number of furan rings is 2. The van der Waals surface area contributed by atoms with Gasteiger partial charge in [-0.05, 0) is 31.4 Å². The van der Waals surface area contributed by atoms with Crippen molar-refractivity contribution in [1.82, 2.24) is 9.97 Å². The number of rotatable bonds is 6. The van der Waals surface area contributed by atoms with E-state index in [0.717, 1.165) is 0 Å². The number of methoxy groups -OCH3 is 1. The summed E-state index contributed by atoms with van der Waals surface area (Å²) in [5.41, 5.74) is 0.916. The van der Waals surface area contributed by atoms with Gasteiger partial charge in [0.15, 0.2) is 24.0 Å². The number of esters is 2. The molecule has 140 valence electrons. The summed E-state index contributed by atoms with van der Waals surface area (Å²) < 4.78 is 20.5. The molecule has 0 aliphatic heterocycles. The minimum Gasteiger partial charge on any atom is -0.465 e. The molecule has 0 unspecified atom stereocenters. The molecule has 0 aliphatic carbocycles. The standard InChI is InChI=1S/C18H16N2O6S/c1-10-14(16(27-3)20-15(19-10)12-5-4-7-24-12)18(22)26-9-13-11(6-8-25-13)17(21)23-2/h4-8H,9H2,1-3H3. The fourth-order valence-electron chi connectivity index (χ4n) is 2.39. The van der Waals surface area contributed by atoms with Crippen LogP contribution in [0.4, 0.5) is 0 Å². The summed E-state index contributed by atoms with van der Waals surface area (Å²) in [6.45, 7) is 1.47. The van der Waals surface area contributed by atoms with E-state index in [0.29, 0.717) is 22.3 Å². The molecule has 0 aromatic carbocycles. The minimum absolute atomic E-state index is 0.201. The number of aryl methyl sites for hydroxylation is 1. The quantitative estimate of drug-likeness (QED) is 0.356. The highest BCUT2D eigenvalue weighted by atomic mass is 32.2. The average molecular weight is 388 g/mol. The maximum absolute atomic E-state index is 12.6. The second kappa shape index (κ2) is 8.09. The molecule has 0 aliphatic rings. The first-order valence-corrected chi connectivity index (χ1v) is 9.06. The van der Waals surface area contributed by atoms with Crippen molar-refractivity contribution in [2.45, 2.75) is 18.6 Å². The Morgan fingerprint density at radius 2 is 1.96 bits per heavy atom. The van der Waals surface area contributed by atoms with Crippen molar-refractivity contribution in [2.75, 3.05) is 13.4 Å². The van der Waals surface area contributed by atoms with Gasteiger partial charge >= 0.3 is 11.9 Å². The van der Waals surface area contributed by atoms with Gasteiger partial charge in [-0.25, -0.2) is 19.6 Å². The maximum atomic E-state index is 12.6. The lowest BCUT2D eigenvalue weighted by atomic mass is 10.2. The zero-order chi connectivity index (χ0) is 19.4. The lowest BCUT2D eigenvalue weighted by Crippen LogP contribution is -2.13. The molecule has 3 heterocycles. The van der Waals surface area contributed by atoms with Gasteiger partial charge in [0.05, 0.1) is 25.3 Å². The maximum Gasteiger partial charge on any atom is 0.343 e. The summed E-state index contributed by atoms with van der Waals surface area (Å²) >= 11 is 1.29. The molecule has 9 heteroatoms. The predicted octanol–water partition coefficient (Wildman–Crippen LogP) is 3.50. The first-order valence-electron chi connectivity index (χ1n) is 7.83. The molecule has 0 fully saturated rings. The Morgan fingerprint density at radius 1 is 1.15 bits per heavy atom. The van der Waals surface area contributed by atoms with Crippen molar-refractivity contribution >= 4 is 23.7 Å². The lowest BCUT2D eigenvalue weighted by Gasteiger charge is -2.11. The van der Waals surface area contributed by atoms with Crippen LogP contribution in [-0.4, -0.2) is 35.3 Å². The van der Waals surface area contributed by atoms with Gasteiger partial charge < -0.3 is 18.3 Å². The van der Waals surface area contributed by atoms with E-state index in [-0.39, 0.29) is 23.5 Å². The molecule has 3 aromatic heterocycles. The van der Waals surface area contributed by atoms with Crippen molar-refractivity contribution in [1.29, 1.82) is 0 Å². The van der Waals surface area contributed by atoms with Crippen molar-refractivity contribution in [3.8, 4) is 11.6 Å². The fourth-order valence-corrected chi connectivity index (χ4v) is 3.01. The Kier molecular flexibility index (Phi) is 5.60. The van der Waals surface area contributed by atoms with Gasteiger partial charge in [0.25, 0.3) is 0 Å². The third-order valence-corrected chi connectivity index (χ3v) is 4.36. The SMILES string of the molecule is COC(=O)c1ccoc1COC(=O)c1c(C)nc(-c2ccco2)nc1SC. The van der Waals surface area contributed by atoms with Crippen molar-refractivity contribution in [2.24, 2.45) is 0 Å². The summed E-state index contributed by atoms with van der Waals surface area (Å²) in [5.74, 6) is -0.0901. The van der Waals surface area contributed by atoms with E-state index in [1.165, 1.54) is 37.5 Å². The highest BCUT2D eigenvalue weighted by Crippen LogP contribution is 2.26. The molecule has 27 heavy (non-hydrogen) atoms. The van der Waals surface area contributed by atoms with Crippen LogP contribution in [0.25, 0.3) is 11.6 Å². The highest BCUT2D eigenvalue weighted by Gasteiger charge is 2.23. The molecule has 0 atom stereocenters. The summed E-state index contributed by atoms with van der Waals surface area (Å²) in [7, 11) is 1.26. The zero-order valence-corrected chi connectivity index (χ0v) is 15.7. The van der Waals surface area contributed by atoms with E-state index in [1.54, 1.807) is 25.3 Å². The lowest BCUT2D eigenvalue weighted by molar-refractivity contribution is 0.0426. The fraction of sp³-hybridized carbons (Fsp3) is 0.222. The Balaban J connectivity index is 1.83. The number of nitrogens with zero attached hydrogens (tertiary/aromatic N) is 2. The van der Waals surface area contributed by atoms with Crippen molar-refractivity contribution in [3.63, 3.8) is 0 Å². The highest BCUT2D eigenvalue weighted by molar-refractivity contribution is 7.98. The van der Waals surface area contributed by atoms with E-state index < -0.39 is 11.9 Å². The zero-order valence-electron chi connectivity index (χ0n) is 14.8. The number of hydrogen-bond donors (Lipinski definition) is 0. The van der Waals surface area contributed by atoms with Crippen LogP contribution >= 0.6 is 11.8 Å². The van der Waals surface area contributed by atoms with E-state index in [9.17, 15) is 9.59 Å². The molecule has 3 aromatic rings. The van der Waals surface area contributed by atoms with E-state index in [1.807, 2.05) is 0 Å². The van der Waals surface area contributed by atoms with Crippen LogP contribution in [0.5, 0.6) is 0 Å². The van der Waals surface area contributed by atoms with E-state index in [4.69, 9.17) is 13.6 Å². The first-order chi connectivity index (χ1) is 13.0. The summed E-state index contributed by atoms with van der Waals surface area (Å²) in [5, 5.41) is 0.464. The summed E-state index contributed by atoms with van der Waals surface area (Å²) in [4.78, 5) is 33.0. The second-order valence-corrected chi connectivity index (χ2v) is 6.11. The van der Waals surface area contributed by atoms with Crippen molar-refractivity contribution < 1.29 is 27.9 Å². The number of carbonyl (C=O) groups excluding carboxylic acids is 2. The largest absolute Gasteiger partial charge is 0.465 e. The minimum atomic E-state index is -0.616. The Bertz CT molecular complexity index is 964. The van der Waals surface area contributed by atoms with Crippen LogP contribution in [0.2, 0.25) is 0 Å². The van der Waals surface area contributed by atoms with Crippen LogP contribution < -0.4 is 0 Å². The number of aromatic nitrogens is 2. The predicted molar refractivity (Wildman–Crippen MR) is 95.4 cm³/mol. The molecular weight excluding hydrogens is 372 g/mol. The smallest absolute Gasteiger partial charge is 0.343 e. The third-order valence-electron chi connectivity index (χ3n) is 3.68. The number of thioether (sulfide) groups is 1. The van der Waals surface area contributed by atoms with Gasteiger partial charge in [0, 0.05) is 0 Å². The molecular formula is C18H16N2O6S. The molecule has 8 nitrogen and oxygen atoms in total. The van der Waals surface area contributed by atoms with Crippen LogP contribution in [0, 0.1) is 6.92 Å². The number of hydrogen-bond acceptors (Lipinski definition) is 9. The average Bonchev–Trinajstić information content (AvgIpc) is 3.36. The van der Waals surface area contributed by atoms with E-state index >= 15 is 0 Å². The number of ether oxygens (including phenoxy) is 2. The Hall–Kier alpha value is -3.07. The van der Waals surface area contributed by atoms with Gasteiger partial charge in [0.2, 0.25) is 0 Å². The number of carbonyl (C=O) groups is 2. The van der Waals surface area contributed by atoms with Gasteiger partial charge in [-0.3, -0.25) is 0 Å². The molecule has 0 saturated heterocycles. The molecule has 0 saturated carbocycles. The van der Waals surface area contributed by atoms with Crippen LogP contribution in [0.3, 0.4) is 0 Å². The second-order valence-electron chi connectivity index (χ2n) is 5.32. The molecule has 0 amide bonds. The molecule has 0 N–H and O–H groups in total. The molecule has 0 radical (unpaired) electrons. The van der Waals surface area contributed by atoms with Gasteiger partial charge in [0.1, 0.15) is 16.2 Å². The van der Waals surface area contributed by atoms with E-state index in [2.05, 4.69) is 14.7 Å². The van der Waals surface area contributed by atoms with Crippen molar-refractivity contribution in [3.05, 3.63) is 53.3 Å². The normalized spacial score (nSPS) is 10.6. The van der Waals surface area contributed by atoms with Gasteiger partial charge in [-0.15, -0.1) is 11.8 Å². The Labute approximate surface area is 158 Å². The summed E-state index contributed by atoms with van der Waals surface area (Å²) in [6.07, 6.45) is 4.65. The third kappa shape index (κ3) is 3.87. The Morgan fingerprint density at radius 3 is 2.63 bits per heavy atom. The topological polar surface area (TPSA) is 105 Å². The molecule has 0 spiro atoms.